The Hall–Kier alpha value is -3.50. The van der Waals surface area contributed by atoms with Crippen LogP contribution in [0.5, 0.6) is 0 Å². The van der Waals surface area contributed by atoms with E-state index in [2.05, 4.69) is 10.3 Å². The number of cyclic esters (lactones) is 2. The van der Waals surface area contributed by atoms with Crippen LogP contribution in [0.2, 0.25) is 0 Å². The lowest BCUT2D eigenvalue weighted by molar-refractivity contribution is -0.318. The number of aromatic nitrogens is 3. The van der Waals surface area contributed by atoms with Crippen LogP contribution in [0.3, 0.4) is 0 Å². The van der Waals surface area contributed by atoms with Gasteiger partial charge in [-0.05, 0) is 119 Å². The van der Waals surface area contributed by atoms with Crippen LogP contribution in [0.1, 0.15) is 126 Å². The minimum atomic E-state index is -1.86. The van der Waals surface area contributed by atoms with Gasteiger partial charge in [-0.3, -0.25) is 14.6 Å². The fraction of sp³-hybridized carbons (Fsp3) is 0.828. The van der Waals surface area contributed by atoms with Crippen molar-refractivity contribution in [1.82, 2.24) is 29.7 Å². The van der Waals surface area contributed by atoms with Crippen LogP contribution in [0.15, 0.2) is 30.5 Å². The monoisotopic (exact) mass is 1150 g/mol. The minimum Gasteiger partial charge on any atom is -0.459 e. The molecular formula is C58H99N7O16. The molecule has 4 saturated heterocycles. The summed E-state index contributed by atoms with van der Waals surface area (Å²) in [7, 11) is 5.22. The summed E-state index contributed by atoms with van der Waals surface area (Å²) in [6, 6.07) is 5.50. The van der Waals surface area contributed by atoms with Crippen molar-refractivity contribution in [2.45, 2.75) is 230 Å². The minimum absolute atomic E-state index is 0.0814. The normalized spacial score (nSPS) is 38.8. The molecule has 0 radical (unpaired) electrons. The van der Waals surface area contributed by atoms with Crippen LogP contribution >= 0.6 is 0 Å². The lowest BCUT2D eigenvalue weighted by Crippen LogP contribution is -2.61. The molecule has 23 heteroatoms. The summed E-state index contributed by atoms with van der Waals surface area (Å²) in [5.41, 5.74) is -2.68. The molecule has 81 heavy (non-hydrogen) atoms. The van der Waals surface area contributed by atoms with Crippen LogP contribution in [0.4, 0.5) is 10.5 Å². The van der Waals surface area contributed by atoms with Gasteiger partial charge in [0.05, 0.1) is 79.1 Å². The largest absolute Gasteiger partial charge is 0.459 e. The van der Waals surface area contributed by atoms with Gasteiger partial charge in [-0.2, -0.15) is 0 Å². The summed E-state index contributed by atoms with van der Waals surface area (Å²) in [5, 5.41) is 89.8. The molecule has 1 aromatic heterocycles. The Kier molecular flexibility index (Phi) is 23.1. The second-order valence-electron chi connectivity index (χ2n) is 24.5. The number of benzene rings is 1. The highest BCUT2D eigenvalue weighted by molar-refractivity contribution is 5.89. The molecule has 462 valence electrons. The van der Waals surface area contributed by atoms with Gasteiger partial charge in [0, 0.05) is 62.9 Å². The number of aliphatic hydroxyl groups is 7. The summed E-state index contributed by atoms with van der Waals surface area (Å²) in [4.78, 5) is 35.1. The summed E-state index contributed by atoms with van der Waals surface area (Å²) >= 11 is 0. The second kappa shape index (κ2) is 28.1. The zero-order valence-electron chi connectivity index (χ0n) is 50.7. The highest BCUT2D eigenvalue weighted by atomic mass is 16.7. The number of esters is 1. The van der Waals surface area contributed by atoms with Gasteiger partial charge < -0.3 is 78.7 Å². The third-order valence-corrected chi connectivity index (χ3v) is 18.1. The van der Waals surface area contributed by atoms with E-state index in [0.717, 1.165) is 0 Å². The van der Waals surface area contributed by atoms with Crippen molar-refractivity contribution in [2.24, 2.45) is 17.8 Å². The number of methoxy groups -OCH3 is 1. The standard InChI is InChI=1S/C58H99N7O16/c1-16-45-58(12,74)50(69)37(8)62(14)28-33(4)26-56(10,73)52(35(6)49(36(7)53(71)79-45)80-46-27-57(11,75-15)51(70)38(9)77-46)81-54-48(68)43(25-34(5)76-54)61(13)24-23-40-29-64(60-59-40)30-42-31-65(55(72)78-42)41-21-19-39(20-22-41)47(67)44(32-66)63(17-2)18-3/h19-22,29,33-38,42-52,54,66-70,73-74H,16-18,23-28,30-32H2,1-15H3/t33-,34-,35+,36-,37-,38+,42+,43+,44-,45-,46-,47+,48-,49+,50-,51+,52-,54+,56-,57-,58-/m1/s1. The van der Waals surface area contributed by atoms with E-state index in [1.807, 2.05) is 56.5 Å². The van der Waals surface area contributed by atoms with Gasteiger partial charge in [0.15, 0.2) is 12.6 Å². The molecule has 5 heterocycles. The maximum Gasteiger partial charge on any atom is 0.414 e. The Morgan fingerprint density at radius 2 is 1.57 bits per heavy atom. The molecule has 6 rings (SSSR count). The number of rotatable bonds is 19. The fourth-order valence-electron chi connectivity index (χ4n) is 12.9. The zero-order valence-corrected chi connectivity index (χ0v) is 50.7. The molecule has 0 aliphatic carbocycles. The maximum atomic E-state index is 14.5. The molecule has 0 spiro atoms. The van der Waals surface area contributed by atoms with Gasteiger partial charge in [-0.25, -0.2) is 9.48 Å². The number of aliphatic hydroxyl groups excluding tert-OH is 5. The highest BCUT2D eigenvalue weighted by Gasteiger charge is 2.53. The van der Waals surface area contributed by atoms with E-state index < -0.39 is 132 Å². The van der Waals surface area contributed by atoms with Crippen LogP contribution in [0, 0.1) is 17.8 Å². The number of hydrogen-bond donors (Lipinski definition) is 7. The van der Waals surface area contributed by atoms with Gasteiger partial charge in [0.2, 0.25) is 0 Å². The molecule has 1 amide bonds. The quantitative estimate of drug-likeness (QED) is 0.0996. The number of carbonyl (C=O) groups is 2. The number of carbonyl (C=O) groups excluding carboxylic acids is 2. The Morgan fingerprint density at radius 3 is 2.19 bits per heavy atom. The number of amides is 1. The Bertz CT molecular complexity index is 2290. The lowest BCUT2D eigenvalue weighted by atomic mass is 9.77. The van der Waals surface area contributed by atoms with E-state index in [9.17, 15) is 45.3 Å². The van der Waals surface area contributed by atoms with Gasteiger partial charge >= 0.3 is 12.1 Å². The molecule has 7 N–H and O–H groups in total. The molecule has 1 aromatic carbocycles. The van der Waals surface area contributed by atoms with Crippen molar-refractivity contribution < 1.29 is 78.5 Å². The molecular weight excluding hydrogens is 1050 g/mol. The van der Waals surface area contributed by atoms with E-state index in [1.54, 1.807) is 83.6 Å². The van der Waals surface area contributed by atoms with Gasteiger partial charge in [0.1, 0.15) is 36.1 Å². The third-order valence-electron chi connectivity index (χ3n) is 18.1. The highest BCUT2D eigenvalue weighted by Crippen LogP contribution is 2.41. The molecule has 0 unspecified atom stereocenters. The average molecular weight is 1150 g/mol. The van der Waals surface area contributed by atoms with E-state index in [4.69, 9.17) is 33.2 Å². The van der Waals surface area contributed by atoms with Crippen molar-refractivity contribution >= 4 is 17.7 Å². The Labute approximate surface area is 479 Å². The summed E-state index contributed by atoms with van der Waals surface area (Å²) < 4.78 is 45.7. The van der Waals surface area contributed by atoms with Crippen molar-refractivity contribution in [3.8, 4) is 0 Å². The molecule has 0 saturated carbocycles. The number of anilines is 1. The van der Waals surface area contributed by atoms with Crippen LogP contribution < -0.4 is 4.90 Å². The van der Waals surface area contributed by atoms with Crippen LogP contribution in [-0.2, 0) is 50.9 Å². The van der Waals surface area contributed by atoms with E-state index in [1.165, 1.54) is 18.9 Å². The van der Waals surface area contributed by atoms with Crippen LogP contribution in [0.25, 0.3) is 0 Å². The van der Waals surface area contributed by atoms with Crippen molar-refractivity contribution in [3.63, 3.8) is 0 Å². The van der Waals surface area contributed by atoms with E-state index in [-0.39, 0.29) is 44.9 Å². The lowest BCUT2D eigenvalue weighted by Gasteiger charge is -2.49. The molecule has 0 bridgehead atoms. The second-order valence-corrected chi connectivity index (χ2v) is 24.5. The zero-order chi connectivity index (χ0) is 60.1. The number of hydrogen-bond acceptors (Lipinski definition) is 21. The molecule has 23 nitrogen and oxygen atoms in total. The summed E-state index contributed by atoms with van der Waals surface area (Å²) in [6.45, 7) is 23.9. The van der Waals surface area contributed by atoms with Gasteiger partial charge in [-0.1, -0.05) is 52.0 Å². The first-order chi connectivity index (χ1) is 38.0. The van der Waals surface area contributed by atoms with Crippen molar-refractivity contribution in [2.75, 3.05) is 65.4 Å². The van der Waals surface area contributed by atoms with Crippen molar-refractivity contribution in [3.05, 3.63) is 41.7 Å². The average Bonchev–Trinajstić information content (AvgIpc) is 4.11. The molecule has 21 atom stereocenters. The number of ether oxygens (including phenoxy) is 7. The Morgan fingerprint density at radius 1 is 0.901 bits per heavy atom. The number of nitrogens with zero attached hydrogens (tertiary/aromatic N) is 7. The van der Waals surface area contributed by atoms with E-state index >= 15 is 0 Å². The summed E-state index contributed by atoms with van der Waals surface area (Å²) in [6.07, 6.45) is -9.14. The smallest absolute Gasteiger partial charge is 0.414 e. The third kappa shape index (κ3) is 15.5. The first-order valence-electron chi connectivity index (χ1n) is 29.3. The first-order valence-corrected chi connectivity index (χ1v) is 29.3. The number of likely N-dealkylation sites (N-methyl/N-ethyl adjacent to an activating group) is 3. The molecule has 4 aliphatic rings. The first kappa shape index (κ1) is 66.6. The van der Waals surface area contributed by atoms with Gasteiger partial charge in [0.25, 0.3) is 0 Å². The summed E-state index contributed by atoms with van der Waals surface area (Å²) in [5.74, 6) is -2.88. The molecule has 2 aromatic rings. The molecule has 4 aliphatic heterocycles. The molecule has 4 fully saturated rings. The van der Waals surface area contributed by atoms with Gasteiger partial charge in [-0.15, -0.1) is 5.10 Å². The maximum absolute atomic E-state index is 14.5. The van der Waals surface area contributed by atoms with Crippen molar-refractivity contribution in [1.29, 1.82) is 0 Å². The predicted octanol–water partition coefficient (Wildman–Crippen LogP) is 2.87. The van der Waals surface area contributed by atoms with E-state index in [0.29, 0.717) is 56.0 Å². The SMILES string of the molecule is CC[C@H]1OC(=O)[C@H](C)[C@@H](O[C@@H]2C[C@@](C)(OC)[C@@H](O)[C@H](C)O2)[C@H](C)[C@@H](O[C@@H]2O[C@H](C)C[C@H](N(C)CCc3cn(C[C@H]4CN(c5ccc([C@H](O)[C@@H](CO)N(CC)CC)cc5)C(=O)O4)nn3)[C@H]2O)[C@](C)(O)C[C@@H](C)CN(C)[C@H](C)[C@@H](O)[C@]1(C)O. The Balaban J connectivity index is 1.18. The predicted molar refractivity (Wildman–Crippen MR) is 300 cm³/mol. The topological polar surface area (TPSA) is 284 Å². The van der Waals surface area contributed by atoms with Crippen LogP contribution in [-0.4, -0.2) is 240 Å². The fourth-order valence-corrected chi connectivity index (χ4v) is 12.9.